The van der Waals surface area contributed by atoms with Crippen molar-refractivity contribution in [3.63, 3.8) is 0 Å². The van der Waals surface area contributed by atoms with Gasteiger partial charge < -0.3 is 4.74 Å². The number of hydrogen-bond donors (Lipinski definition) is 0. The summed E-state index contributed by atoms with van der Waals surface area (Å²) in [4.78, 5) is 0. The van der Waals surface area contributed by atoms with Crippen LogP contribution in [0.1, 0.15) is 23.7 Å². The minimum Gasteiger partial charge on any atom is -0.373 e. The lowest BCUT2D eigenvalue weighted by Crippen LogP contribution is -2.18. The Hall–Kier alpha value is -0.910. The van der Waals surface area contributed by atoms with Gasteiger partial charge in [0.2, 0.25) is 0 Å². The molecule has 94 valence electrons. The van der Waals surface area contributed by atoms with Gasteiger partial charge in [-0.2, -0.15) is 8.42 Å². The van der Waals surface area contributed by atoms with Crippen LogP contribution in [0.5, 0.6) is 0 Å². The van der Waals surface area contributed by atoms with E-state index < -0.39 is 10.1 Å². The Bertz CT molecular complexity index is 481. The molecule has 0 unspecified atom stereocenters. The Balaban J connectivity index is 1.99. The predicted octanol–water partition coefficient (Wildman–Crippen LogP) is 1.67. The van der Waals surface area contributed by atoms with E-state index in [0.717, 1.165) is 18.2 Å². The maximum atomic E-state index is 10.9. The molecule has 0 radical (unpaired) electrons. The first-order valence-electron chi connectivity index (χ1n) is 5.60. The maximum Gasteiger partial charge on any atom is 0.264 e. The van der Waals surface area contributed by atoms with Gasteiger partial charge in [0.05, 0.1) is 25.6 Å². The van der Waals surface area contributed by atoms with Crippen molar-refractivity contribution in [1.82, 2.24) is 0 Å². The smallest absolute Gasteiger partial charge is 0.264 e. The molecule has 17 heavy (non-hydrogen) atoms. The largest absolute Gasteiger partial charge is 0.373 e. The average Bonchev–Trinajstić information content (AvgIpc) is 2.28. The molecule has 0 bridgehead atoms. The number of fused-ring (bicyclic) bond motifs is 1. The van der Waals surface area contributed by atoms with Crippen molar-refractivity contribution in [2.45, 2.75) is 18.9 Å². The number of rotatable bonds is 4. The number of hydrogen-bond acceptors (Lipinski definition) is 4. The molecule has 1 aromatic carbocycles. The summed E-state index contributed by atoms with van der Waals surface area (Å²) >= 11 is 0. The molecule has 0 amide bonds. The molecular weight excluding hydrogens is 240 g/mol. The van der Waals surface area contributed by atoms with Crippen LogP contribution in [0.15, 0.2) is 24.3 Å². The van der Waals surface area contributed by atoms with E-state index in [4.69, 9.17) is 8.92 Å². The van der Waals surface area contributed by atoms with E-state index >= 15 is 0 Å². The molecule has 1 aliphatic rings. The standard InChI is InChI=1S/C12H16O4S/c1-17(13,14)16-9-7-12-11-5-3-2-4-10(11)6-8-15-12/h2-5,12H,6-9H2,1H3/t12-/m0/s1. The van der Waals surface area contributed by atoms with Gasteiger partial charge in [-0.3, -0.25) is 4.18 Å². The molecule has 1 aromatic rings. The van der Waals surface area contributed by atoms with Gasteiger partial charge in [-0.05, 0) is 17.5 Å². The molecular formula is C12H16O4S. The lowest BCUT2D eigenvalue weighted by atomic mass is 9.96. The normalized spacial score (nSPS) is 19.9. The van der Waals surface area contributed by atoms with Crippen LogP contribution in [-0.4, -0.2) is 27.9 Å². The molecule has 1 atom stereocenters. The third-order valence-electron chi connectivity index (χ3n) is 2.77. The third kappa shape index (κ3) is 3.52. The molecule has 0 spiro atoms. The Morgan fingerprint density at radius 2 is 2.18 bits per heavy atom. The Morgan fingerprint density at radius 3 is 2.94 bits per heavy atom. The van der Waals surface area contributed by atoms with Gasteiger partial charge in [-0.1, -0.05) is 24.3 Å². The molecule has 0 N–H and O–H groups in total. The fourth-order valence-corrected chi connectivity index (χ4v) is 2.42. The first-order valence-corrected chi connectivity index (χ1v) is 7.42. The van der Waals surface area contributed by atoms with Crippen LogP contribution in [0.25, 0.3) is 0 Å². The first kappa shape index (κ1) is 12.5. The molecule has 5 heteroatoms. The minimum absolute atomic E-state index is 0.0540. The lowest BCUT2D eigenvalue weighted by molar-refractivity contribution is 0.0283. The van der Waals surface area contributed by atoms with E-state index in [-0.39, 0.29) is 12.7 Å². The highest BCUT2D eigenvalue weighted by atomic mass is 32.2. The molecule has 1 aliphatic heterocycles. The maximum absolute atomic E-state index is 10.9. The average molecular weight is 256 g/mol. The number of ether oxygens (including phenoxy) is 1. The van der Waals surface area contributed by atoms with Gasteiger partial charge in [0.1, 0.15) is 0 Å². The molecule has 0 saturated heterocycles. The second-order valence-electron chi connectivity index (χ2n) is 4.12. The summed E-state index contributed by atoms with van der Waals surface area (Å²) in [5.41, 5.74) is 2.43. The lowest BCUT2D eigenvalue weighted by Gasteiger charge is -2.25. The van der Waals surface area contributed by atoms with Crippen LogP contribution >= 0.6 is 0 Å². The van der Waals surface area contributed by atoms with Crippen molar-refractivity contribution < 1.29 is 17.3 Å². The van der Waals surface area contributed by atoms with Gasteiger partial charge in [-0.15, -0.1) is 0 Å². The van der Waals surface area contributed by atoms with E-state index in [1.165, 1.54) is 5.56 Å². The van der Waals surface area contributed by atoms with Crippen LogP contribution in [-0.2, 0) is 25.5 Å². The van der Waals surface area contributed by atoms with Crippen LogP contribution < -0.4 is 0 Å². The first-order chi connectivity index (χ1) is 8.06. The summed E-state index contributed by atoms with van der Waals surface area (Å²) in [5.74, 6) is 0. The van der Waals surface area contributed by atoms with E-state index in [2.05, 4.69) is 6.07 Å². The van der Waals surface area contributed by atoms with Crippen LogP contribution in [0.2, 0.25) is 0 Å². The fourth-order valence-electron chi connectivity index (χ4n) is 2.02. The summed E-state index contributed by atoms with van der Waals surface area (Å²) in [7, 11) is -3.36. The van der Waals surface area contributed by atoms with Crippen molar-refractivity contribution in [2.75, 3.05) is 19.5 Å². The van der Waals surface area contributed by atoms with Crippen LogP contribution in [0, 0.1) is 0 Å². The molecule has 0 aromatic heterocycles. The zero-order valence-electron chi connectivity index (χ0n) is 9.76. The molecule has 2 rings (SSSR count). The van der Waals surface area contributed by atoms with Crippen molar-refractivity contribution in [1.29, 1.82) is 0 Å². The van der Waals surface area contributed by atoms with Crippen molar-refractivity contribution >= 4 is 10.1 Å². The van der Waals surface area contributed by atoms with Gasteiger partial charge >= 0.3 is 0 Å². The Labute approximate surface area is 102 Å². The molecule has 0 fully saturated rings. The van der Waals surface area contributed by atoms with Gasteiger partial charge in [-0.25, -0.2) is 0 Å². The van der Waals surface area contributed by atoms with E-state index in [0.29, 0.717) is 13.0 Å². The third-order valence-corrected chi connectivity index (χ3v) is 3.36. The second-order valence-corrected chi connectivity index (χ2v) is 5.77. The fraction of sp³-hybridized carbons (Fsp3) is 0.500. The minimum atomic E-state index is -3.36. The van der Waals surface area contributed by atoms with Crippen LogP contribution in [0.4, 0.5) is 0 Å². The monoisotopic (exact) mass is 256 g/mol. The quantitative estimate of drug-likeness (QED) is 0.769. The van der Waals surface area contributed by atoms with Crippen molar-refractivity contribution in [3.05, 3.63) is 35.4 Å². The van der Waals surface area contributed by atoms with Crippen molar-refractivity contribution in [3.8, 4) is 0 Å². The second kappa shape index (κ2) is 5.16. The Morgan fingerprint density at radius 1 is 1.41 bits per heavy atom. The van der Waals surface area contributed by atoms with Gasteiger partial charge in [0.15, 0.2) is 0 Å². The van der Waals surface area contributed by atoms with Gasteiger partial charge in [0, 0.05) is 6.42 Å². The van der Waals surface area contributed by atoms with Crippen LogP contribution in [0.3, 0.4) is 0 Å². The zero-order chi connectivity index (χ0) is 12.3. The SMILES string of the molecule is CS(=O)(=O)OCC[C@@H]1OCCc2ccccc21. The summed E-state index contributed by atoms with van der Waals surface area (Å²) in [6, 6.07) is 8.09. The van der Waals surface area contributed by atoms with Crippen molar-refractivity contribution in [2.24, 2.45) is 0 Å². The number of benzene rings is 1. The predicted molar refractivity (Wildman–Crippen MR) is 64.3 cm³/mol. The van der Waals surface area contributed by atoms with Gasteiger partial charge in [0.25, 0.3) is 10.1 Å². The highest BCUT2D eigenvalue weighted by molar-refractivity contribution is 7.85. The summed E-state index contributed by atoms with van der Waals surface area (Å²) < 4.78 is 32.1. The zero-order valence-corrected chi connectivity index (χ0v) is 10.6. The topological polar surface area (TPSA) is 52.6 Å². The summed E-state index contributed by atoms with van der Waals surface area (Å²) in [6.07, 6.45) is 2.48. The molecule has 0 aliphatic carbocycles. The highest BCUT2D eigenvalue weighted by Gasteiger charge is 2.20. The molecule has 0 saturated carbocycles. The molecule has 4 nitrogen and oxygen atoms in total. The van der Waals surface area contributed by atoms with E-state index in [1.807, 2.05) is 18.2 Å². The summed E-state index contributed by atoms with van der Waals surface area (Å²) in [6.45, 7) is 0.846. The Kier molecular flexibility index (Phi) is 3.81. The summed E-state index contributed by atoms with van der Waals surface area (Å²) in [5, 5.41) is 0. The highest BCUT2D eigenvalue weighted by Crippen LogP contribution is 2.29. The van der Waals surface area contributed by atoms with E-state index in [1.54, 1.807) is 0 Å². The van der Waals surface area contributed by atoms with E-state index in [9.17, 15) is 8.42 Å². The molecule has 1 heterocycles.